The molecule has 0 saturated carbocycles. The highest BCUT2D eigenvalue weighted by molar-refractivity contribution is 6.30. The fourth-order valence-electron chi connectivity index (χ4n) is 2.11. The number of hydrogen-bond donors (Lipinski definition) is 1. The van der Waals surface area contributed by atoms with E-state index in [-0.39, 0.29) is 16.8 Å². The molecule has 0 fully saturated rings. The molecule has 0 heterocycles. The lowest BCUT2D eigenvalue weighted by molar-refractivity contribution is -0.384. The normalized spacial score (nSPS) is 12.1. The number of halogens is 2. The monoisotopic (exact) mass is 308 g/mol. The number of nitro benzene ring substituents is 1. The SMILES string of the molecule is CNC(Cc1ccc([N+](=O)[O-])cc1)c1ccc(F)c(Cl)c1. The summed E-state index contributed by atoms with van der Waals surface area (Å²) in [5.41, 5.74) is 1.87. The van der Waals surface area contributed by atoms with Gasteiger partial charge in [-0.2, -0.15) is 0 Å². The van der Waals surface area contributed by atoms with Crippen LogP contribution in [0.3, 0.4) is 0 Å². The lowest BCUT2D eigenvalue weighted by Crippen LogP contribution is -2.18. The first-order valence-electron chi connectivity index (χ1n) is 6.37. The van der Waals surface area contributed by atoms with Crippen molar-refractivity contribution in [3.05, 3.63) is 74.5 Å². The third kappa shape index (κ3) is 3.77. The van der Waals surface area contributed by atoms with E-state index in [1.54, 1.807) is 31.3 Å². The smallest absolute Gasteiger partial charge is 0.269 e. The Morgan fingerprint density at radius 1 is 1.29 bits per heavy atom. The molecular formula is C15H14ClFN2O2. The van der Waals surface area contributed by atoms with Gasteiger partial charge >= 0.3 is 0 Å². The zero-order valence-corrected chi connectivity index (χ0v) is 12.1. The first-order valence-corrected chi connectivity index (χ1v) is 6.74. The molecule has 1 N–H and O–H groups in total. The molecule has 0 aliphatic rings. The summed E-state index contributed by atoms with van der Waals surface area (Å²) in [6, 6.07) is 10.9. The second-order valence-corrected chi connectivity index (χ2v) is 5.05. The molecule has 2 aromatic carbocycles. The van der Waals surface area contributed by atoms with Gasteiger partial charge in [-0.15, -0.1) is 0 Å². The fourth-order valence-corrected chi connectivity index (χ4v) is 2.29. The van der Waals surface area contributed by atoms with Gasteiger partial charge in [-0.3, -0.25) is 10.1 Å². The molecule has 0 aromatic heterocycles. The van der Waals surface area contributed by atoms with Crippen LogP contribution in [0, 0.1) is 15.9 Å². The van der Waals surface area contributed by atoms with Gasteiger partial charge in [0, 0.05) is 18.2 Å². The number of nitrogens with one attached hydrogen (secondary N) is 1. The van der Waals surface area contributed by atoms with Gasteiger partial charge in [0.25, 0.3) is 5.69 Å². The van der Waals surface area contributed by atoms with Crippen LogP contribution in [-0.2, 0) is 6.42 Å². The minimum absolute atomic E-state index is 0.0513. The van der Waals surface area contributed by atoms with Crippen molar-refractivity contribution in [1.29, 1.82) is 0 Å². The van der Waals surface area contributed by atoms with Crippen LogP contribution in [0.15, 0.2) is 42.5 Å². The lowest BCUT2D eigenvalue weighted by atomic mass is 9.99. The molecule has 6 heteroatoms. The maximum atomic E-state index is 13.2. The zero-order valence-electron chi connectivity index (χ0n) is 11.3. The number of nitro groups is 1. The maximum absolute atomic E-state index is 13.2. The Hall–Kier alpha value is -1.98. The summed E-state index contributed by atoms with van der Waals surface area (Å²) in [4.78, 5) is 10.2. The zero-order chi connectivity index (χ0) is 15.4. The van der Waals surface area contributed by atoms with Crippen LogP contribution in [0.25, 0.3) is 0 Å². The second kappa shape index (κ2) is 6.65. The number of nitrogens with zero attached hydrogens (tertiary/aromatic N) is 1. The maximum Gasteiger partial charge on any atom is 0.269 e. The van der Waals surface area contributed by atoms with Crippen LogP contribution in [0.1, 0.15) is 17.2 Å². The van der Waals surface area contributed by atoms with Gasteiger partial charge in [-0.1, -0.05) is 29.8 Å². The third-order valence-electron chi connectivity index (χ3n) is 3.28. The van der Waals surface area contributed by atoms with E-state index in [0.29, 0.717) is 6.42 Å². The minimum atomic E-state index is -0.453. The second-order valence-electron chi connectivity index (χ2n) is 4.64. The summed E-state index contributed by atoms with van der Waals surface area (Å²) >= 11 is 5.80. The summed E-state index contributed by atoms with van der Waals surface area (Å²) in [6.45, 7) is 0. The number of rotatable bonds is 5. The van der Waals surface area contributed by atoms with Gasteiger partial charge in [-0.25, -0.2) is 4.39 Å². The number of non-ortho nitro benzene ring substituents is 1. The van der Waals surface area contributed by atoms with Crippen LogP contribution >= 0.6 is 11.6 Å². The van der Waals surface area contributed by atoms with E-state index < -0.39 is 10.7 Å². The molecule has 0 aliphatic heterocycles. The van der Waals surface area contributed by atoms with Crippen molar-refractivity contribution in [2.24, 2.45) is 0 Å². The first kappa shape index (κ1) is 15.4. The van der Waals surface area contributed by atoms with Gasteiger partial charge in [-0.05, 0) is 36.7 Å². The molecule has 0 bridgehead atoms. The predicted octanol–water partition coefficient (Wildman–Crippen LogP) is 3.89. The first-order chi connectivity index (χ1) is 10.0. The molecule has 2 rings (SSSR count). The Morgan fingerprint density at radius 3 is 2.48 bits per heavy atom. The Bertz CT molecular complexity index is 647. The molecule has 0 amide bonds. The number of hydrogen-bond acceptors (Lipinski definition) is 3. The van der Waals surface area contributed by atoms with Gasteiger partial charge in [0.2, 0.25) is 0 Å². The van der Waals surface area contributed by atoms with E-state index in [0.717, 1.165) is 11.1 Å². The Balaban J connectivity index is 2.18. The van der Waals surface area contributed by atoms with Gasteiger partial charge in [0.1, 0.15) is 5.82 Å². The van der Waals surface area contributed by atoms with Gasteiger partial charge in [0.05, 0.1) is 9.95 Å². The molecule has 1 unspecified atom stereocenters. The van der Waals surface area contributed by atoms with E-state index in [2.05, 4.69) is 5.32 Å². The van der Waals surface area contributed by atoms with Crippen LogP contribution in [0.5, 0.6) is 0 Å². The third-order valence-corrected chi connectivity index (χ3v) is 3.57. The lowest BCUT2D eigenvalue weighted by Gasteiger charge is -2.17. The van der Waals surface area contributed by atoms with Crippen molar-refractivity contribution < 1.29 is 9.31 Å². The summed E-state index contributed by atoms with van der Waals surface area (Å²) in [6.07, 6.45) is 0.621. The summed E-state index contributed by atoms with van der Waals surface area (Å²) in [5, 5.41) is 13.8. The van der Waals surface area contributed by atoms with Crippen LogP contribution in [-0.4, -0.2) is 12.0 Å². The number of likely N-dealkylation sites (N-methyl/N-ethyl adjacent to an activating group) is 1. The van der Waals surface area contributed by atoms with Crippen molar-refractivity contribution in [2.45, 2.75) is 12.5 Å². The molecule has 0 saturated heterocycles. The molecule has 2 aromatic rings. The minimum Gasteiger partial charge on any atom is -0.313 e. The molecule has 21 heavy (non-hydrogen) atoms. The van der Waals surface area contributed by atoms with E-state index in [9.17, 15) is 14.5 Å². The van der Waals surface area contributed by atoms with Crippen LogP contribution in [0.4, 0.5) is 10.1 Å². The number of benzene rings is 2. The van der Waals surface area contributed by atoms with Gasteiger partial charge < -0.3 is 5.32 Å². The van der Waals surface area contributed by atoms with Crippen LogP contribution < -0.4 is 5.32 Å². The highest BCUT2D eigenvalue weighted by Gasteiger charge is 2.13. The molecule has 0 radical (unpaired) electrons. The van der Waals surface area contributed by atoms with Crippen molar-refractivity contribution in [1.82, 2.24) is 5.32 Å². The Morgan fingerprint density at radius 2 is 1.95 bits per heavy atom. The van der Waals surface area contributed by atoms with E-state index in [1.807, 2.05) is 0 Å². The molecule has 0 spiro atoms. The highest BCUT2D eigenvalue weighted by Crippen LogP contribution is 2.24. The van der Waals surface area contributed by atoms with Crippen molar-refractivity contribution in [3.8, 4) is 0 Å². The Kier molecular flexibility index (Phi) is 4.88. The fraction of sp³-hybridized carbons (Fsp3) is 0.200. The summed E-state index contributed by atoms with van der Waals surface area (Å²) in [5.74, 6) is -0.453. The van der Waals surface area contributed by atoms with Crippen molar-refractivity contribution >= 4 is 17.3 Å². The van der Waals surface area contributed by atoms with E-state index in [4.69, 9.17) is 11.6 Å². The summed E-state index contributed by atoms with van der Waals surface area (Å²) in [7, 11) is 1.80. The van der Waals surface area contributed by atoms with Crippen LogP contribution in [0.2, 0.25) is 5.02 Å². The molecule has 110 valence electrons. The highest BCUT2D eigenvalue weighted by atomic mass is 35.5. The molecule has 1 atom stereocenters. The van der Waals surface area contributed by atoms with E-state index >= 15 is 0 Å². The van der Waals surface area contributed by atoms with Gasteiger partial charge in [0.15, 0.2) is 0 Å². The molecule has 0 aliphatic carbocycles. The predicted molar refractivity (Wildman–Crippen MR) is 80.0 cm³/mol. The largest absolute Gasteiger partial charge is 0.313 e. The standard InChI is InChI=1S/C15H14ClFN2O2/c1-18-15(11-4-7-14(17)13(16)9-11)8-10-2-5-12(6-3-10)19(20)21/h2-7,9,15,18H,8H2,1H3. The Labute approximate surface area is 126 Å². The quantitative estimate of drug-likeness (QED) is 0.673. The average molecular weight is 309 g/mol. The van der Waals surface area contributed by atoms with Crippen molar-refractivity contribution in [2.75, 3.05) is 7.05 Å². The van der Waals surface area contributed by atoms with Crippen molar-refractivity contribution in [3.63, 3.8) is 0 Å². The average Bonchev–Trinajstić information content (AvgIpc) is 2.48. The summed E-state index contributed by atoms with van der Waals surface area (Å²) < 4.78 is 13.2. The molecule has 4 nitrogen and oxygen atoms in total. The molecular weight excluding hydrogens is 295 g/mol. The topological polar surface area (TPSA) is 55.2 Å². The van der Waals surface area contributed by atoms with E-state index in [1.165, 1.54) is 18.2 Å².